The number of rotatable bonds is 36. The Morgan fingerprint density at radius 3 is 1.54 bits per heavy atom. The number of aliphatic hydroxyl groups is 1. The lowest BCUT2D eigenvalue weighted by atomic mass is 10.0. The lowest BCUT2D eigenvalue weighted by Gasteiger charge is -2.25. The molecule has 0 radical (unpaired) electrons. The summed E-state index contributed by atoms with van der Waals surface area (Å²) in [6.45, 7) is 4.80. The van der Waals surface area contributed by atoms with Gasteiger partial charge in [-0.2, -0.15) is 0 Å². The van der Waals surface area contributed by atoms with Gasteiger partial charge in [0.2, 0.25) is 5.91 Å². The van der Waals surface area contributed by atoms with Crippen LogP contribution in [0.2, 0.25) is 0 Å². The summed E-state index contributed by atoms with van der Waals surface area (Å²) >= 11 is 0. The molecular weight excluding hydrogens is 623 g/mol. The molecule has 3 N–H and O–H groups in total. The summed E-state index contributed by atoms with van der Waals surface area (Å²) < 4.78 is 23.5. The van der Waals surface area contributed by atoms with Crippen LogP contribution >= 0.6 is 7.82 Å². The second-order valence-corrected chi connectivity index (χ2v) is 16.5. The SMILES string of the molecule is CCCCCCCCCCC/C=C/C(O)C(COP(=O)(O)OCC[N+](C)(C)C)NC(=O)CCCCCCCCCCCCCCCCC. The van der Waals surface area contributed by atoms with Gasteiger partial charge < -0.3 is 19.8 Å². The van der Waals surface area contributed by atoms with Gasteiger partial charge in [-0.1, -0.05) is 167 Å². The molecule has 0 aliphatic rings. The molecule has 3 unspecified atom stereocenters. The van der Waals surface area contributed by atoms with Crippen LogP contribution in [0, 0.1) is 0 Å². The van der Waals surface area contributed by atoms with Crippen LogP contribution in [0.3, 0.4) is 0 Å². The number of nitrogens with one attached hydrogen (secondary N) is 1. The fourth-order valence-corrected chi connectivity index (χ4v) is 6.48. The summed E-state index contributed by atoms with van der Waals surface area (Å²) in [4.78, 5) is 23.0. The molecule has 0 aromatic heterocycles. The van der Waals surface area contributed by atoms with Gasteiger partial charge in [0.25, 0.3) is 0 Å². The predicted molar refractivity (Wildman–Crippen MR) is 203 cm³/mol. The number of carbonyl (C=O) groups is 1. The van der Waals surface area contributed by atoms with Gasteiger partial charge in [-0.05, 0) is 19.3 Å². The van der Waals surface area contributed by atoms with E-state index in [0.717, 1.165) is 38.5 Å². The van der Waals surface area contributed by atoms with Crippen molar-refractivity contribution in [3.8, 4) is 0 Å². The summed E-state index contributed by atoms with van der Waals surface area (Å²) in [5.41, 5.74) is 0. The maximum absolute atomic E-state index is 12.8. The van der Waals surface area contributed by atoms with Crippen molar-refractivity contribution in [2.45, 2.75) is 193 Å². The average Bonchev–Trinajstić information content (AvgIpc) is 3.02. The lowest BCUT2D eigenvalue weighted by molar-refractivity contribution is -0.870. The maximum atomic E-state index is 12.8. The molecule has 286 valence electrons. The Kier molecular flexibility index (Phi) is 31.7. The quantitative estimate of drug-likeness (QED) is 0.0260. The molecular formula is C39H80N2O6P+. The van der Waals surface area contributed by atoms with E-state index in [1.165, 1.54) is 122 Å². The van der Waals surface area contributed by atoms with Gasteiger partial charge in [0, 0.05) is 6.42 Å². The van der Waals surface area contributed by atoms with Crippen LogP contribution in [0.15, 0.2) is 12.2 Å². The van der Waals surface area contributed by atoms with Crippen molar-refractivity contribution in [1.82, 2.24) is 5.32 Å². The molecule has 0 saturated heterocycles. The zero-order chi connectivity index (χ0) is 35.8. The van der Waals surface area contributed by atoms with Crippen LogP contribution in [-0.4, -0.2) is 73.4 Å². The van der Waals surface area contributed by atoms with Crippen LogP contribution < -0.4 is 5.32 Å². The molecule has 0 heterocycles. The van der Waals surface area contributed by atoms with Crippen LogP contribution in [0.4, 0.5) is 0 Å². The van der Waals surface area contributed by atoms with Crippen LogP contribution in [0.5, 0.6) is 0 Å². The molecule has 0 fully saturated rings. The minimum Gasteiger partial charge on any atom is -0.387 e. The van der Waals surface area contributed by atoms with Gasteiger partial charge in [-0.25, -0.2) is 4.57 Å². The molecule has 48 heavy (non-hydrogen) atoms. The first-order valence-electron chi connectivity index (χ1n) is 20.1. The predicted octanol–water partition coefficient (Wildman–Crippen LogP) is 10.4. The van der Waals surface area contributed by atoms with Crippen molar-refractivity contribution < 1.29 is 32.9 Å². The van der Waals surface area contributed by atoms with Gasteiger partial charge in [0.05, 0.1) is 39.9 Å². The van der Waals surface area contributed by atoms with Gasteiger partial charge in [-0.3, -0.25) is 13.8 Å². The van der Waals surface area contributed by atoms with E-state index in [2.05, 4.69) is 19.2 Å². The Morgan fingerprint density at radius 1 is 0.688 bits per heavy atom. The first-order chi connectivity index (χ1) is 23.0. The number of phosphoric ester groups is 1. The number of hydrogen-bond acceptors (Lipinski definition) is 5. The Balaban J connectivity index is 4.45. The van der Waals surface area contributed by atoms with E-state index in [-0.39, 0.29) is 19.1 Å². The molecule has 3 atom stereocenters. The zero-order valence-corrected chi connectivity index (χ0v) is 33.1. The van der Waals surface area contributed by atoms with Gasteiger partial charge >= 0.3 is 7.82 Å². The van der Waals surface area contributed by atoms with E-state index in [1.54, 1.807) is 6.08 Å². The summed E-state index contributed by atoms with van der Waals surface area (Å²) in [5, 5.41) is 13.7. The fourth-order valence-electron chi connectivity index (χ4n) is 5.75. The molecule has 8 nitrogen and oxygen atoms in total. The normalized spacial score (nSPS) is 14.7. The number of aliphatic hydroxyl groups excluding tert-OH is 1. The molecule has 0 aliphatic heterocycles. The minimum atomic E-state index is -4.32. The van der Waals surface area contributed by atoms with Gasteiger partial charge in [0.1, 0.15) is 13.2 Å². The topological polar surface area (TPSA) is 105 Å². The summed E-state index contributed by atoms with van der Waals surface area (Å²) in [7, 11) is 1.58. The van der Waals surface area contributed by atoms with E-state index < -0.39 is 20.0 Å². The third kappa shape index (κ3) is 33.7. The van der Waals surface area contributed by atoms with Crippen molar-refractivity contribution in [2.75, 3.05) is 40.9 Å². The number of amides is 1. The van der Waals surface area contributed by atoms with Gasteiger partial charge in [-0.15, -0.1) is 0 Å². The Hall–Kier alpha value is -0.760. The summed E-state index contributed by atoms with van der Waals surface area (Å²) in [6, 6.07) is -0.837. The number of phosphoric acid groups is 1. The average molecular weight is 704 g/mol. The number of unbranched alkanes of at least 4 members (excludes halogenated alkanes) is 23. The summed E-state index contributed by atoms with van der Waals surface area (Å²) in [6.07, 6.45) is 34.1. The van der Waals surface area contributed by atoms with E-state index in [4.69, 9.17) is 9.05 Å². The fraction of sp³-hybridized carbons (Fsp3) is 0.923. The number of likely N-dealkylation sites (N-methyl/N-ethyl adjacent to an activating group) is 1. The third-order valence-electron chi connectivity index (χ3n) is 9.01. The van der Waals surface area contributed by atoms with Gasteiger partial charge in [0.15, 0.2) is 0 Å². The van der Waals surface area contributed by atoms with Crippen molar-refractivity contribution in [2.24, 2.45) is 0 Å². The number of nitrogens with zero attached hydrogens (tertiary/aromatic N) is 1. The molecule has 0 aliphatic carbocycles. The second-order valence-electron chi connectivity index (χ2n) is 15.0. The minimum absolute atomic E-state index is 0.0642. The smallest absolute Gasteiger partial charge is 0.387 e. The van der Waals surface area contributed by atoms with Crippen molar-refractivity contribution in [3.63, 3.8) is 0 Å². The lowest BCUT2D eigenvalue weighted by Crippen LogP contribution is -2.45. The maximum Gasteiger partial charge on any atom is 0.472 e. The molecule has 0 spiro atoms. The van der Waals surface area contributed by atoms with E-state index >= 15 is 0 Å². The zero-order valence-electron chi connectivity index (χ0n) is 32.2. The monoisotopic (exact) mass is 704 g/mol. The molecule has 9 heteroatoms. The first kappa shape index (κ1) is 47.2. The largest absolute Gasteiger partial charge is 0.472 e. The molecule has 1 amide bonds. The highest BCUT2D eigenvalue weighted by atomic mass is 31.2. The molecule has 0 saturated carbocycles. The second kappa shape index (κ2) is 32.2. The first-order valence-corrected chi connectivity index (χ1v) is 21.6. The van der Waals surface area contributed by atoms with Crippen LogP contribution in [0.1, 0.15) is 181 Å². The molecule has 0 aromatic rings. The Morgan fingerprint density at radius 2 is 1.10 bits per heavy atom. The Bertz CT molecular complexity index is 804. The summed E-state index contributed by atoms with van der Waals surface area (Å²) in [5.74, 6) is -0.177. The standard InChI is InChI=1S/C39H79N2O6P/c1-6-8-10-12-14-16-18-19-20-21-23-25-27-29-31-33-39(43)40-37(36-47-48(44,45)46-35-34-41(3,4)5)38(42)32-30-28-26-24-22-17-15-13-11-9-7-2/h30,32,37-38,42H,6-29,31,33-36H2,1-5H3,(H-,40,43,44,45)/p+1/b32-30+. The molecule has 0 aromatic carbocycles. The highest BCUT2D eigenvalue weighted by molar-refractivity contribution is 7.47. The van der Waals surface area contributed by atoms with E-state index in [9.17, 15) is 19.4 Å². The van der Waals surface area contributed by atoms with Crippen molar-refractivity contribution >= 4 is 13.7 Å². The molecule has 0 rings (SSSR count). The van der Waals surface area contributed by atoms with Crippen LogP contribution in [-0.2, 0) is 18.4 Å². The van der Waals surface area contributed by atoms with E-state index in [1.807, 2.05) is 27.2 Å². The third-order valence-corrected chi connectivity index (χ3v) is 9.99. The molecule has 0 bridgehead atoms. The van der Waals surface area contributed by atoms with Crippen molar-refractivity contribution in [3.05, 3.63) is 12.2 Å². The highest BCUT2D eigenvalue weighted by Crippen LogP contribution is 2.43. The number of allylic oxidation sites excluding steroid dienone is 1. The van der Waals surface area contributed by atoms with Crippen LogP contribution in [0.25, 0.3) is 0 Å². The van der Waals surface area contributed by atoms with E-state index in [0.29, 0.717) is 17.4 Å². The number of quaternary nitrogens is 1. The van der Waals surface area contributed by atoms with Crippen molar-refractivity contribution in [1.29, 1.82) is 0 Å². The number of carbonyl (C=O) groups excluding carboxylic acids is 1. The highest BCUT2D eigenvalue weighted by Gasteiger charge is 2.27. The number of hydrogen-bond donors (Lipinski definition) is 3. The Labute approximate surface area is 297 Å².